The molecule has 58 heavy (non-hydrogen) atoms. The summed E-state index contributed by atoms with van der Waals surface area (Å²) in [7, 11) is 0. The van der Waals surface area contributed by atoms with Crippen LogP contribution in [0.3, 0.4) is 0 Å². The molecule has 3 heterocycles. The number of benzene rings is 2. The number of carboxylic acid groups (broad SMARTS) is 1. The van der Waals surface area contributed by atoms with Crippen molar-refractivity contribution in [2.24, 2.45) is 10.8 Å². The molecule has 4 aromatic rings. The number of carbonyl (C=O) groups excluding carboxylic acids is 3. The van der Waals surface area contributed by atoms with Crippen molar-refractivity contribution in [2.75, 3.05) is 13.1 Å². The number of hydrogen-bond acceptors (Lipinski definition) is 8. The first-order valence-electron chi connectivity index (χ1n) is 19.7. The Balaban J connectivity index is 1.41. The maximum absolute atomic E-state index is 14.5. The summed E-state index contributed by atoms with van der Waals surface area (Å²) >= 11 is 1.53. The van der Waals surface area contributed by atoms with Crippen LogP contribution in [0.15, 0.2) is 84.4 Å². The number of rotatable bonds is 16. The number of urea groups is 1. The van der Waals surface area contributed by atoms with Crippen LogP contribution in [-0.2, 0) is 29.0 Å². The quantitative estimate of drug-likeness (QED) is 0.0908. The minimum atomic E-state index is -1.34. The van der Waals surface area contributed by atoms with E-state index in [9.17, 15) is 29.4 Å². The van der Waals surface area contributed by atoms with E-state index in [1.165, 1.54) is 11.3 Å². The first-order chi connectivity index (χ1) is 27.4. The second-order valence-electron chi connectivity index (χ2n) is 17.2. The number of thiazole rings is 1. The summed E-state index contributed by atoms with van der Waals surface area (Å²) in [5, 5.41) is 33.1. The summed E-state index contributed by atoms with van der Waals surface area (Å²) < 4.78 is 0. The van der Waals surface area contributed by atoms with Gasteiger partial charge in [0, 0.05) is 36.3 Å². The van der Waals surface area contributed by atoms with Crippen LogP contribution in [0, 0.1) is 17.8 Å². The lowest BCUT2D eigenvalue weighted by molar-refractivity contribution is -0.130. The van der Waals surface area contributed by atoms with Crippen molar-refractivity contribution in [3.05, 3.63) is 106 Å². The SMILES string of the molecule is Cc1nc(CN2CCN([C@H](C(=O)N[C@@H](Cc3ccccc3)C[C@H](O)[C@H](Cc3ccc(-c4ccccn4)cc3)NC(=O)[C@@H](NC(=O)O)C(C)(C)C)C(C)(C)C)C2=O)cs1. The van der Waals surface area contributed by atoms with Gasteiger partial charge < -0.3 is 36.0 Å². The number of nitrogens with one attached hydrogen (secondary N) is 3. The van der Waals surface area contributed by atoms with Gasteiger partial charge in [0.05, 0.1) is 35.1 Å². The highest BCUT2D eigenvalue weighted by atomic mass is 32.1. The van der Waals surface area contributed by atoms with Crippen molar-refractivity contribution in [3.8, 4) is 11.3 Å². The molecule has 0 spiro atoms. The summed E-state index contributed by atoms with van der Waals surface area (Å²) in [5.74, 6) is -0.921. The molecule has 0 bridgehead atoms. The number of aromatic nitrogens is 2. The molecule has 5 N–H and O–H groups in total. The third kappa shape index (κ3) is 11.9. The number of amides is 5. The fourth-order valence-electron chi connectivity index (χ4n) is 7.44. The predicted molar refractivity (Wildman–Crippen MR) is 225 cm³/mol. The van der Waals surface area contributed by atoms with E-state index in [4.69, 9.17) is 0 Å². The van der Waals surface area contributed by atoms with Crippen LogP contribution in [0.25, 0.3) is 11.3 Å². The largest absolute Gasteiger partial charge is 0.465 e. The van der Waals surface area contributed by atoms with Gasteiger partial charge in [-0.05, 0) is 60.3 Å². The van der Waals surface area contributed by atoms with Crippen LogP contribution in [0.2, 0.25) is 0 Å². The zero-order valence-corrected chi connectivity index (χ0v) is 35.3. The van der Waals surface area contributed by atoms with Crippen molar-refractivity contribution in [2.45, 2.75) is 105 Å². The highest BCUT2D eigenvalue weighted by molar-refractivity contribution is 7.09. The summed E-state index contributed by atoms with van der Waals surface area (Å²) in [6.07, 6.45) is -0.171. The van der Waals surface area contributed by atoms with Gasteiger partial charge in [-0.2, -0.15) is 0 Å². The van der Waals surface area contributed by atoms with Crippen molar-refractivity contribution in [1.82, 2.24) is 35.7 Å². The Morgan fingerprint density at radius 3 is 2.09 bits per heavy atom. The molecule has 2 aromatic carbocycles. The number of aryl methyl sites for hydroxylation is 1. The molecule has 0 saturated carbocycles. The minimum absolute atomic E-state index is 0.0459. The summed E-state index contributed by atoms with van der Waals surface area (Å²) in [6, 6.07) is 19.3. The second kappa shape index (κ2) is 18.9. The Bertz CT molecular complexity index is 2000. The van der Waals surface area contributed by atoms with Crippen molar-refractivity contribution >= 4 is 35.3 Å². The van der Waals surface area contributed by atoms with Gasteiger partial charge >= 0.3 is 12.1 Å². The number of hydrogen-bond donors (Lipinski definition) is 5. The molecule has 5 amide bonds. The topological polar surface area (TPSA) is 177 Å². The number of carbonyl (C=O) groups is 4. The zero-order valence-electron chi connectivity index (χ0n) is 34.4. The minimum Gasteiger partial charge on any atom is -0.465 e. The monoisotopic (exact) mass is 811 g/mol. The van der Waals surface area contributed by atoms with E-state index in [-0.39, 0.29) is 24.8 Å². The van der Waals surface area contributed by atoms with Gasteiger partial charge in [-0.25, -0.2) is 14.6 Å². The van der Waals surface area contributed by atoms with Crippen LogP contribution < -0.4 is 16.0 Å². The number of aliphatic hydroxyl groups excluding tert-OH is 1. The lowest BCUT2D eigenvalue weighted by Crippen LogP contribution is -2.59. The molecular weight excluding hydrogens is 755 g/mol. The molecule has 1 aliphatic rings. The average Bonchev–Trinajstić information content (AvgIpc) is 3.73. The van der Waals surface area contributed by atoms with Crippen LogP contribution >= 0.6 is 11.3 Å². The lowest BCUT2D eigenvalue weighted by Gasteiger charge is -2.38. The standard InChI is InChI=1S/C44H57N7O6S/c1-28-46-33(27-58-28)26-50-21-22-51(42(50)57)38(44(5,6)7)40(54)47-32(23-29-13-9-8-10-14-29)25-36(52)35(48-39(53)37(43(2,3)4)49-41(55)56)24-30-16-18-31(19-17-30)34-15-11-12-20-45-34/h8-20,27,32,35-38,49,52H,21-26H2,1-7H3,(H,47,54)(H,48,53)(H,55,56)/t32-,35-,36-,37+,38+/m0/s1. The Kier molecular flexibility index (Phi) is 14.3. The van der Waals surface area contributed by atoms with Gasteiger partial charge in [-0.15, -0.1) is 11.3 Å². The van der Waals surface area contributed by atoms with Crippen LogP contribution in [0.5, 0.6) is 0 Å². The molecule has 310 valence electrons. The first-order valence-corrected chi connectivity index (χ1v) is 20.6. The zero-order chi connectivity index (χ0) is 42.2. The van der Waals surface area contributed by atoms with E-state index >= 15 is 0 Å². The smallest absolute Gasteiger partial charge is 0.405 e. The number of nitrogens with zero attached hydrogens (tertiary/aromatic N) is 4. The third-order valence-electron chi connectivity index (χ3n) is 10.3. The van der Waals surface area contributed by atoms with Gasteiger partial charge in [0.2, 0.25) is 11.8 Å². The molecule has 1 aliphatic heterocycles. The molecule has 0 radical (unpaired) electrons. The molecule has 5 atom stereocenters. The van der Waals surface area contributed by atoms with E-state index in [2.05, 4.69) is 25.9 Å². The van der Waals surface area contributed by atoms with E-state index in [0.717, 1.165) is 33.1 Å². The van der Waals surface area contributed by atoms with Gasteiger partial charge in [0.25, 0.3) is 0 Å². The summed E-state index contributed by atoms with van der Waals surface area (Å²) in [5.41, 5.74) is 2.85. The van der Waals surface area contributed by atoms with Crippen molar-refractivity contribution < 1.29 is 29.4 Å². The normalized spacial score (nSPS) is 16.0. The Morgan fingerprint density at radius 1 is 0.828 bits per heavy atom. The van der Waals surface area contributed by atoms with Crippen molar-refractivity contribution in [1.29, 1.82) is 0 Å². The van der Waals surface area contributed by atoms with E-state index in [1.54, 1.807) is 36.8 Å². The molecule has 14 heteroatoms. The highest BCUT2D eigenvalue weighted by Crippen LogP contribution is 2.30. The van der Waals surface area contributed by atoms with Crippen LogP contribution in [-0.4, -0.2) is 97.3 Å². The molecular formula is C44H57N7O6S. The maximum atomic E-state index is 14.5. The Labute approximate surface area is 345 Å². The van der Waals surface area contributed by atoms with E-state index in [1.807, 2.05) is 106 Å². The molecule has 0 aliphatic carbocycles. The molecule has 0 unspecified atom stereocenters. The Hall–Kier alpha value is -5.34. The highest BCUT2D eigenvalue weighted by Gasteiger charge is 2.44. The number of pyridine rings is 1. The molecule has 1 fully saturated rings. The van der Waals surface area contributed by atoms with Gasteiger partial charge in [-0.3, -0.25) is 14.6 Å². The third-order valence-corrected chi connectivity index (χ3v) is 11.1. The van der Waals surface area contributed by atoms with E-state index in [0.29, 0.717) is 26.1 Å². The number of aliphatic hydroxyl groups is 1. The van der Waals surface area contributed by atoms with Gasteiger partial charge in [0.15, 0.2) is 0 Å². The van der Waals surface area contributed by atoms with Gasteiger partial charge in [0.1, 0.15) is 12.1 Å². The summed E-state index contributed by atoms with van der Waals surface area (Å²) in [4.78, 5) is 66.3. The average molecular weight is 812 g/mol. The summed E-state index contributed by atoms with van der Waals surface area (Å²) in [6.45, 7) is 14.2. The fraction of sp³-hybridized carbons (Fsp3) is 0.455. The second-order valence-corrected chi connectivity index (χ2v) is 18.3. The van der Waals surface area contributed by atoms with E-state index < -0.39 is 53.1 Å². The molecule has 1 saturated heterocycles. The molecule has 2 aromatic heterocycles. The fourth-order valence-corrected chi connectivity index (χ4v) is 8.05. The van der Waals surface area contributed by atoms with Crippen LogP contribution in [0.4, 0.5) is 9.59 Å². The molecule has 13 nitrogen and oxygen atoms in total. The van der Waals surface area contributed by atoms with Gasteiger partial charge in [-0.1, -0.05) is 102 Å². The van der Waals surface area contributed by atoms with Crippen LogP contribution in [0.1, 0.15) is 69.8 Å². The predicted octanol–water partition coefficient (Wildman–Crippen LogP) is 6.05. The first kappa shape index (κ1) is 43.8. The lowest BCUT2D eigenvalue weighted by atomic mass is 9.84. The van der Waals surface area contributed by atoms with Crippen molar-refractivity contribution in [3.63, 3.8) is 0 Å². The Morgan fingerprint density at radius 2 is 1.50 bits per heavy atom. The maximum Gasteiger partial charge on any atom is 0.405 e. The molecule has 5 rings (SSSR count).